The Hall–Kier alpha value is -0.356. The third kappa shape index (κ3) is 3.13. The number of aromatic nitrogens is 3. The Bertz CT molecular complexity index is 705. The molecule has 0 saturated heterocycles. The maximum absolute atomic E-state index is 9.68. The smallest absolute Gasteiger partial charge is 0.109 e. The van der Waals surface area contributed by atoms with Crippen molar-refractivity contribution >= 4 is 12.2 Å². The van der Waals surface area contributed by atoms with Crippen molar-refractivity contribution in [1.82, 2.24) is 14.6 Å². The summed E-state index contributed by atoms with van der Waals surface area (Å²) in [6.45, 7) is 12.8. The number of rotatable bonds is 3. The zero-order chi connectivity index (χ0) is 16.0. The number of hydrogen-bond acceptors (Lipinski definition) is 4. The van der Waals surface area contributed by atoms with Gasteiger partial charge in [0.15, 0.2) is 0 Å². The number of hydrogen-bond donors (Lipinski definition) is 1. The molecule has 2 aromatic heterocycles. The molecular formula is C17H24N3O2Y-. The quantitative estimate of drug-likeness (QED) is 0.497. The average molecular weight is 391 g/mol. The zero-order valence-electron chi connectivity index (χ0n) is 14.3. The fraction of sp³-hybridized carbons (Fsp3) is 0.647. The van der Waals surface area contributed by atoms with Gasteiger partial charge in [-0.2, -0.15) is 0 Å². The van der Waals surface area contributed by atoms with Crippen molar-refractivity contribution in [2.75, 3.05) is 0 Å². The standard InChI is InChI=1S/C17H24N3O2.Y/c1-9-6-10(2)14(11(3)7-9)16(22-21)15-12(4)13(5)20-17(15)18-8-19-20;/h9-11,14,16,21H,5-7H2,1-4H3;/q-1;. The van der Waals surface area contributed by atoms with Crippen molar-refractivity contribution in [3.8, 4) is 0 Å². The summed E-state index contributed by atoms with van der Waals surface area (Å²) in [5.74, 6) is 1.92. The molecule has 0 bridgehead atoms. The summed E-state index contributed by atoms with van der Waals surface area (Å²) in [5, 5.41) is 14.6. The molecule has 1 radical (unpaired) electrons. The van der Waals surface area contributed by atoms with E-state index in [1.54, 1.807) is 4.52 Å². The van der Waals surface area contributed by atoms with E-state index in [2.05, 4.69) is 43.8 Å². The zero-order valence-corrected chi connectivity index (χ0v) is 17.1. The van der Waals surface area contributed by atoms with Crippen LogP contribution < -0.4 is 5.35 Å². The van der Waals surface area contributed by atoms with Gasteiger partial charge in [-0.1, -0.05) is 27.4 Å². The maximum atomic E-state index is 9.68. The SMILES string of the molecule is C=c1c(C)c(C(OO)C2C(C)CC(C)CC2C)c2n[c-]nn12.[Y]. The van der Waals surface area contributed by atoms with Crippen molar-refractivity contribution in [3.05, 3.63) is 22.8 Å². The van der Waals surface area contributed by atoms with Crippen LogP contribution in [0.15, 0.2) is 0 Å². The third-order valence-electron chi connectivity index (χ3n) is 5.44. The predicted molar refractivity (Wildman–Crippen MR) is 84.0 cm³/mol. The fourth-order valence-corrected chi connectivity index (χ4v) is 4.55. The van der Waals surface area contributed by atoms with E-state index in [0.717, 1.165) is 29.3 Å². The maximum Gasteiger partial charge on any atom is 0.109 e. The molecule has 3 rings (SSSR count). The Morgan fingerprint density at radius 2 is 1.91 bits per heavy atom. The Labute approximate surface area is 162 Å². The normalized spacial score (nSPS) is 29.4. The Morgan fingerprint density at radius 1 is 1.30 bits per heavy atom. The van der Waals surface area contributed by atoms with Gasteiger partial charge in [-0.3, -0.25) is 10.4 Å². The van der Waals surface area contributed by atoms with Gasteiger partial charge in [-0.15, -0.1) is 0 Å². The van der Waals surface area contributed by atoms with Crippen molar-refractivity contribution in [1.29, 1.82) is 0 Å². The van der Waals surface area contributed by atoms with Crippen molar-refractivity contribution in [3.63, 3.8) is 0 Å². The summed E-state index contributed by atoms with van der Waals surface area (Å²) in [6, 6.07) is 0. The van der Waals surface area contributed by atoms with Crippen LogP contribution in [0.25, 0.3) is 12.2 Å². The molecule has 6 heteroatoms. The summed E-state index contributed by atoms with van der Waals surface area (Å²) in [6.07, 6.45) is 4.54. The molecule has 2 aromatic rings. The van der Waals surface area contributed by atoms with E-state index in [1.165, 1.54) is 0 Å². The van der Waals surface area contributed by atoms with E-state index in [0.29, 0.717) is 23.4 Å². The van der Waals surface area contributed by atoms with Gasteiger partial charge in [0, 0.05) is 43.7 Å². The minimum Gasteiger partial charge on any atom is -0.413 e. The van der Waals surface area contributed by atoms with Gasteiger partial charge < -0.3 is 9.50 Å². The van der Waals surface area contributed by atoms with E-state index >= 15 is 0 Å². The molecule has 0 amide bonds. The van der Waals surface area contributed by atoms with Gasteiger partial charge in [0.25, 0.3) is 0 Å². The summed E-state index contributed by atoms with van der Waals surface area (Å²) in [7, 11) is 0. The topological polar surface area (TPSA) is 59.7 Å². The van der Waals surface area contributed by atoms with E-state index in [4.69, 9.17) is 4.89 Å². The molecule has 1 N–H and O–H groups in total. The summed E-state index contributed by atoms with van der Waals surface area (Å²) >= 11 is 0. The van der Waals surface area contributed by atoms with E-state index in [1.807, 2.05) is 6.92 Å². The summed E-state index contributed by atoms with van der Waals surface area (Å²) < 4.78 is 1.68. The van der Waals surface area contributed by atoms with Crippen molar-refractivity contribution in [2.45, 2.75) is 46.6 Å². The van der Waals surface area contributed by atoms with Crippen LogP contribution in [-0.4, -0.2) is 19.9 Å². The first-order chi connectivity index (χ1) is 10.5. The largest absolute Gasteiger partial charge is 0.413 e. The predicted octanol–water partition coefficient (Wildman–Crippen LogP) is 2.81. The van der Waals surface area contributed by atoms with Crippen LogP contribution in [0.4, 0.5) is 0 Å². The van der Waals surface area contributed by atoms with Crippen LogP contribution >= 0.6 is 0 Å². The van der Waals surface area contributed by atoms with Crippen LogP contribution in [-0.2, 0) is 37.6 Å². The minimum absolute atomic E-state index is 0. The molecule has 123 valence electrons. The first-order valence-electron chi connectivity index (χ1n) is 7.99. The van der Waals surface area contributed by atoms with Gasteiger partial charge in [-0.25, -0.2) is 4.89 Å². The Balaban J connectivity index is 0.00000192. The molecule has 0 aromatic carbocycles. The molecule has 0 aliphatic heterocycles. The first-order valence-corrected chi connectivity index (χ1v) is 7.99. The second-order valence-corrected chi connectivity index (χ2v) is 7.07. The molecule has 1 aliphatic rings. The van der Waals surface area contributed by atoms with Crippen LogP contribution in [0, 0.1) is 36.9 Å². The van der Waals surface area contributed by atoms with Crippen molar-refractivity contribution < 1.29 is 42.9 Å². The number of fused-ring (bicyclic) bond motifs is 1. The molecule has 3 unspecified atom stereocenters. The average Bonchev–Trinajstić information content (AvgIpc) is 3.00. The van der Waals surface area contributed by atoms with Gasteiger partial charge in [0.1, 0.15) is 6.10 Å². The fourth-order valence-electron chi connectivity index (χ4n) is 4.55. The monoisotopic (exact) mass is 391 g/mol. The van der Waals surface area contributed by atoms with Crippen LogP contribution in [0.2, 0.25) is 0 Å². The molecule has 23 heavy (non-hydrogen) atoms. The van der Waals surface area contributed by atoms with Crippen LogP contribution in [0.1, 0.15) is 50.8 Å². The third-order valence-corrected chi connectivity index (χ3v) is 5.44. The van der Waals surface area contributed by atoms with E-state index < -0.39 is 6.10 Å². The van der Waals surface area contributed by atoms with Gasteiger partial charge in [0.05, 0.1) is 0 Å². The summed E-state index contributed by atoms with van der Waals surface area (Å²) in [5.41, 5.74) is 2.58. The Morgan fingerprint density at radius 3 is 2.48 bits per heavy atom. The van der Waals surface area contributed by atoms with E-state index in [9.17, 15) is 5.26 Å². The van der Waals surface area contributed by atoms with Gasteiger partial charge in [0.2, 0.25) is 0 Å². The van der Waals surface area contributed by atoms with Gasteiger partial charge >= 0.3 is 0 Å². The van der Waals surface area contributed by atoms with Crippen LogP contribution in [0.5, 0.6) is 0 Å². The molecule has 1 fully saturated rings. The van der Waals surface area contributed by atoms with Gasteiger partial charge in [-0.05, 0) is 60.9 Å². The molecular weight excluding hydrogens is 367 g/mol. The molecule has 0 spiro atoms. The molecule has 1 aliphatic carbocycles. The second kappa shape index (κ2) is 7.26. The Kier molecular flexibility index (Phi) is 5.99. The molecule has 2 heterocycles. The minimum atomic E-state index is -0.395. The summed E-state index contributed by atoms with van der Waals surface area (Å²) in [4.78, 5) is 9.23. The van der Waals surface area contributed by atoms with Crippen LogP contribution in [0.3, 0.4) is 0 Å². The number of nitrogens with zero attached hydrogens (tertiary/aromatic N) is 3. The molecule has 1 saturated carbocycles. The molecule has 5 nitrogen and oxygen atoms in total. The second-order valence-electron chi connectivity index (χ2n) is 7.07. The van der Waals surface area contributed by atoms with E-state index in [-0.39, 0.29) is 38.6 Å². The van der Waals surface area contributed by atoms with Crippen molar-refractivity contribution in [2.24, 2.45) is 23.7 Å². The first kappa shape index (κ1) is 19.0. The molecule has 3 atom stereocenters.